The molecule has 0 bridgehead atoms. The van der Waals surface area contributed by atoms with Gasteiger partial charge in [0.05, 0.1) is 5.69 Å². The van der Waals surface area contributed by atoms with Crippen molar-refractivity contribution in [3.8, 4) is 33.4 Å². The maximum atomic E-state index is 5.03. The molecule has 0 radical (unpaired) electrons. The van der Waals surface area contributed by atoms with E-state index in [1.807, 2.05) is 0 Å². The van der Waals surface area contributed by atoms with Crippen LogP contribution in [0.5, 0.6) is 0 Å². The molecular weight excluding hydrogens is 314 g/mol. The highest BCUT2D eigenvalue weighted by Crippen LogP contribution is 2.47. The average molecular weight is 333 g/mol. The number of hydrogen-bond donors (Lipinski definition) is 0. The molecule has 0 atom stereocenters. The van der Waals surface area contributed by atoms with E-state index >= 15 is 0 Å². The first-order valence-corrected chi connectivity index (χ1v) is 9.05. The van der Waals surface area contributed by atoms with Gasteiger partial charge in [-0.3, -0.25) is 4.98 Å². The molecule has 4 aromatic rings. The highest BCUT2D eigenvalue weighted by atomic mass is 14.7. The summed E-state index contributed by atoms with van der Waals surface area (Å²) in [6.45, 7) is 2.14. The second kappa shape index (κ2) is 5.96. The summed E-state index contributed by atoms with van der Waals surface area (Å²) in [6.07, 6.45) is 0.918. The fourth-order valence-electron chi connectivity index (χ4n) is 4.13. The van der Waals surface area contributed by atoms with E-state index < -0.39 is 0 Å². The fraction of sp³-hybridized carbons (Fsp3) is 0.0800. The first kappa shape index (κ1) is 15.1. The summed E-state index contributed by atoms with van der Waals surface area (Å²) in [5.41, 5.74) is 11.3. The molecule has 26 heavy (non-hydrogen) atoms. The van der Waals surface area contributed by atoms with Gasteiger partial charge in [0.15, 0.2) is 0 Å². The molecule has 1 heterocycles. The minimum atomic E-state index is 0.918. The standard InChI is InChI=1S/C25H19N/c1-17-23(18-10-4-2-5-11-18)24(19-12-6-3-7-13-19)25-21-15-9-8-14-20(21)16-22(25)26-17/h2-15H,16H2,1H3. The molecule has 0 N–H and O–H groups in total. The predicted molar refractivity (Wildman–Crippen MR) is 108 cm³/mol. The van der Waals surface area contributed by atoms with Crippen LogP contribution in [0.1, 0.15) is 17.0 Å². The van der Waals surface area contributed by atoms with Crippen LogP contribution in [0.15, 0.2) is 84.9 Å². The Balaban J connectivity index is 1.91. The summed E-state index contributed by atoms with van der Waals surface area (Å²) >= 11 is 0. The first-order chi connectivity index (χ1) is 12.8. The van der Waals surface area contributed by atoms with Crippen LogP contribution in [-0.4, -0.2) is 4.98 Å². The fourth-order valence-corrected chi connectivity index (χ4v) is 4.13. The van der Waals surface area contributed by atoms with Crippen LogP contribution in [-0.2, 0) is 6.42 Å². The van der Waals surface area contributed by atoms with Crippen molar-refractivity contribution in [2.45, 2.75) is 13.3 Å². The van der Waals surface area contributed by atoms with Gasteiger partial charge >= 0.3 is 0 Å². The molecule has 1 aliphatic carbocycles. The van der Waals surface area contributed by atoms with E-state index in [4.69, 9.17) is 4.98 Å². The van der Waals surface area contributed by atoms with Gasteiger partial charge in [0, 0.05) is 28.8 Å². The van der Waals surface area contributed by atoms with Gasteiger partial charge in [0.25, 0.3) is 0 Å². The Bertz CT molecular complexity index is 1090. The zero-order valence-corrected chi connectivity index (χ0v) is 14.7. The lowest BCUT2D eigenvalue weighted by atomic mass is 9.88. The lowest BCUT2D eigenvalue weighted by molar-refractivity contribution is 1.08. The second-order valence-corrected chi connectivity index (χ2v) is 6.83. The molecule has 5 rings (SSSR count). The van der Waals surface area contributed by atoms with Crippen molar-refractivity contribution in [1.29, 1.82) is 0 Å². The van der Waals surface area contributed by atoms with Crippen molar-refractivity contribution in [2.75, 3.05) is 0 Å². The molecule has 0 saturated heterocycles. The highest BCUT2D eigenvalue weighted by molar-refractivity contribution is 5.98. The molecule has 0 unspecified atom stereocenters. The zero-order chi connectivity index (χ0) is 17.5. The lowest BCUT2D eigenvalue weighted by Crippen LogP contribution is -1.99. The predicted octanol–water partition coefficient (Wildman–Crippen LogP) is 6.30. The molecular formula is C25H19N. The smallest absolute Gasteiger partial charge is 0.0535 e. The number of rotatable bonds is 2. The van der Waals surface area contributed by atoms with E-state index in [2.05, 4.69) is 91.9 Å². The van der Waals surface area contributed by atoms with E-state index in [0.717, 1.165) is 12.1 Å². The summed E-state index contributed by atoms with van der Waals surface area (Å²) in [5, 5.41) is 0. The van der Waals surface area contributed by atoms with E-state index in [1.54, 1.807) is 0 Å². The lowest BCUT2D eigenvalue weighted by Gasteiger charge is -2.18. The van der Waals surface area contributed by atoms with Gasteiger partial charge in [-0.2, -0.15) is 0 Å². The molecule has 0 saturated carbocycles. The topological polar surface area (TPSA) is 12.9 Å². The molecule has 1 nitrogen and oxygen atoms in total. The molecule has 0 spiro atoms. The Hall–Kier alpha value is -3.19. The largest absolute Gasteiger partial charge is 0.256 e. The van der Waals surface area contributed by atoms with Crippen molar-refractivity contribution < 1.29 is 0 Å². The highest BCUT2D eigenvalue weighted by Gasteiger charge is 2.27. The van der Waals surface area contributed by atoms with Crippen molar-refractivity contribution in [3.05, 3.63) is 102 Å². The number of aryl methyl sites for hydroxylation is 1. The Kier molecular flexibility index (Phi) is 3.46. The van der Waals surface area contributed by atoms with Crippen molar-refractivity contribution in [2.24, 2.45) is 0 Å². The van der Waals surface area contributed by atoms with Gasteiger partial charge in [0.2, 0.25) is 0 Å². The molecule has 3 aromatic carbocycles. The van der Waals surface area contributed by atoms with Crippen LogP contribution in [0, 0.1) is 6.92 Å². The van der Waals surface area contributed by atoms with Crippen LogP contribution in [0.4, 0.5) is 0 Å². The quantitative estimate of drug-likeness (QED) is 0.370. The Morgan fingerprint density at radius 2 is 1.19 bits per heavy atom. The number of aromatic nitrogens is 1. The van der Waals surface area contributed by atoms with Crippen molar-refractivity contribution in [1.82, 2.24) is 4.98 Å². The van der Waals surface area contributed by atoms with Crippen LogP contribution in [0.3, 0.4) is 0 Å². The Morgan fingerprint density at radius 1 is 0.615 bits per heavy atom. The molecule has 0 fully saturated rings. The maximum Gasteiger partial charge on any atom is 0.0535 e. The third-order valence-electron chi connectivity index (χ3n) is 5.22. The summed E-state index contributed by atoms with van der Waals surface area (Å²) in [7, 11) is 0. The molecule has 0 aliphatic heterocycles. The average Bonchev–Trinajstić information content (AvgIpc) is 3.06. The second-order valence-electron chi connectivity index (χ2n) is 6.83. The van der Waals surface area contributed by atoms with Gasteiger partial charge in [-0.15, -0.1) is 0 Å². The molecule has 0 amide bonds. The molecule has 1 heteroatoms. The summed E-state index contributed by atoms with van der Waals surface area (Å²) in [4.78, 5) is 5.03. The van der Waals surface area contributed by atoms with E-state index in [-0.39, 0.29) is 0 Å². The number of pyridine rings is 1. The summed E-state index contributed by atoms with van der Waals surface area (Å²) in [5.74, 6) is 0. The van der Waals surface area contributed by atoms with Crippen LogP contribution in [0.25, 0.3) is 33.4 Å². The number of fused-ring (bicyclic) bond motifs is 3. The van der Waals surface area contributed by atoms with Gasteiger partial charge in [-0.05, 0) is 29.2 Å². The van der Waals surface area contributed by atoms with E-state index in [1.165, 1.54) is 44.6 Å². The van der Waals surface area contributed by atoms with Crippen molar-refractivity contribution >= 4 is 0 Å². The number of hydrogen-bond acceptors (Lipinski definition) is 1. The molecule has 1 aromatic heterocycles. The Morgan fingerprint density at radius 3 is 1.88 bits per heavy atom. The van der Waals surface area contributed by atoms with Crippen LogP contribution < -0.4 is 0 Å². The van der Waals surface area contributed by atoms with E-state index in [0.29, 0.717) is 0 Å². The normalized spacial score (nSPS) is 11.9. The third kappa shape index (κ3) is 2.28. The Labute approximate surface area is 154 Å². The van der Waals surface area contributed by atoms with Gasteiger partial charge in [0.1, 0.15) is 0 Å². The SMILES string of the molecule is Cc1nc2c(c(-c3ccccc3)c1-c1ccccc1)-c1ccccc1C2. The summed E-state index contributed by atoms with van der Waals surface area (Å²) in [6, 6.07) is 30.1. The molecule has 1 aliphatic rings. The maximum absolute atomic E-state index is 5.03. The van der Waals surface area contributed by atoms with Crippen molar-refractivity contribution in [3.63, 3.8) is 0 Å². The van der Waals surface area contributed by atoms with Crippen LogP contribution >= 0.6 is 0 Å². The van der Waals surface area contributed by atoms with Crippen LogP contribution in [0.2, 0.25) is 0 Å². The van der Waals surface area contributed by atoms with Gasteiger partial charge in [-0.1, -0.05) is 84.9 Å². The molecule has 124 valence electrons. The zero-order valence-electron chi connectivity index (χ0n) is 14.7. The monoisotopic (exact) mass is 333 g/mol. The van der Waals surface area contributed by atoms with E-state index in [9.17, 15) is 0 Å². The number of benzene rings is 3. The minimum Gasteiger partial charge on any atom is -0.256 e. The van der Waals surface area contributed by atoms with Gasteiger partial charge in [-0.25, -0.2) is 0 Å². The van der Waals surface area contributed by atoms with Gasteiger partial charge < -0.3 is 0 Å². The number of nitrogens with zero attached hydrogens (tertiary/aromatic N) is 1. The summed E-state index contributed by atoms with van der Waals surface area (Å²) < 4.78 is 0. The first-order valence-electron chi connectivity index (χ1n) is 9.05. The third-order valence-corrected chi connectivity index (χ3v) is 5.22. The minimum absolute atomic E-state index is 0.918.